The van der Waals surface area contributed by atoms with Gasteiger partial charge >= 0.3 is 5.97 Å². The van der Waals surface area contributed by atoms with E-state index in [0.29, 0.717) is 16.5 Å². The van der Waals surface area contributed by atoms with Gasteiger partial charge in [-0.1, -0.05) is 35.3 Å². The van der Waals surface area contributed by atoms with Gasteiger partial charge in [0.25, 0.3) is 0 Å². The Balaban J connectivity index is 2.05. The van der Waals surface area contributed by atoms with Crippen molar-refractivity contribution in [2.75, 3.05) is 0 Å². The Hall–Kier alpha value is -1.03. The second-order valence-electron chi connectivity index (χ2n) is 4.15. The lowest BCUT2D eigenvalue weighted by atomic mass is 10.0. The summed E-state index contributed by atoms with van der Waals surface area (Å²) in [5.74, 6) is -0.377. The topological polar surface area (TPSA) is 46.5 Å². The van der Waals surface area contributed by atoms with Crippen molar-refractivity contribution in [3.8, 4) is 0 Å². The number of hydrogen-bond donors (Lipinski definition) is 1. The van der Waals surface area contributed by atoms with E-state index in [0.717, 1.165) is 5.56 Å². The lowest BCUT2D eigenvalue weighted by Gasteiger charge is -2.23. The number of benzene rings is 1. The Bertz CT molecular complexity index is 485. The third-order valence-electron chi connectivity index (χ3n) is 2.64. The molecule has 0 aromatic heterocycles. The largest absolute Gasteiger partial charge is 0.458 e. The zero-order valence-electron chi connectivity index (χ0n) is 9.48. The van der Waals surface area contributed by atoms with E-state index >= 15 is 0 Å². The van der Waals surface area contributed by atoms with E-state index in [9.17, 15) is 9.90 Å². The SMILES string of the molecule is O=C1C[C@H](O)C[C@@H](/C=C/c2ccc(Cl)c(Cl)c2)O1. The number of esters is 1. The maximum Gasteiger partial charge on any atom is 0.309 e. The van der Waals surface area contributed by atoms with Crippen molar-refractivity contribution < 1.29 is 14.6 Å². The fourth-order valence-corrected chi connectivity index (χ4v) is 2.07. The number of carbonyl (C=O) groups excluding carboxylic acids is 1. The fourth-order valence-electron chi connectivity index (χ4n) is 1.76. The van der Waals surface area contributed by atoms with E-state index in [-0.39, 0.29) is 12.4 Å². The highest BCUT2D eigenvalue weighted by atomic mass is 35.5. The highest BCUT2D eigenvalue weighted by Crippen LogP contribution is 2.24. The molecule has 3 nitrogen and oxygen atoms in total. The minimum absolute atomic E-state index is 0.0666. The summed E-state index contributed by atoms with van der Waals surface area (Å²) in [6.45, 7) is 0. The molecule has 2 rings (SSSR count). The first-order chi connectivity index (χ1) is 8.54. The lowest BCUT2D eigenvalue weighted by molar-refractivity contribution is -0.156. The van der Waals surface area contributed by atoms with Gasteiger partial charge in [-0.05, 0) is 23.8 Å². The molecule has 1 N–H and O–H groups in total. The second-order valence-corrected chi connectivity index (χ2v) is 4.97. The van der Waals surface area contributed by atoms with Crippen molar-refractivity contribution in [2.45, 2.75) is 25.0 Å². The molecule has 0 bridgehead atoms. The Morgan fingerprint density at radius 2 is 2.11 bits per heavy atom. The van der Waals surface area contributed by atoms with Crippen molar-refractivity contribution >= 4 is 35.2 Å². The third kappa shape index (κ3) is 3.48. The number of aliphatic hydroxyl groups is 1. The third-order valence-corrected chi connectivity index (χ3v) is 3.38. The molecule has 1 saturated heterocycles. The molecule has 0 saturated carbocycles. The minimum Gasteiger partial charge on any atom is -0.458 e. The second kappa shape index (κ2) is 5.74. The first-order valence-electron chi connectivity index (χ1n) is 5.55. The summed E-state index contributed by atoms with van der Waals surface area (Å²) in [4.78, 5) is 11.1. The fraction of sp³-hybridized carbons (Fsp3) is 0.308. The average molecular weight is 287 g/mol. The van der Waals surface area contributed by atoms with Gasteiger partial charge in [-0.25, -0.2) is 0 Å². The van der Waals surface area contributed by atoms with E-state index in [1.165, 1.54) is 0 Å². The van der Waals surface area contributed by atoms with Crippen LogP contribution in [-0.2, 0) is 9.53 Å². The summed E-state index contributed by atoms with van der Waals surface area (Å²) in [7, 11) is 0. The Morgan fingerprint density at radius 1 is 1.33 bits per heavy atom. The molecule has 0 amide bonds. The summed E-state index contributed by atoms with van der Waals surface area (Å²) in [6, 6.07) is 5.23. The van der Waals surface area contributed by atoms with Crippen molar-refractivity contribution in [1.29, 1.82) is 0 Å². The van der Waals surface area contributed by atoms with Gasteiger partial charge in [0.05, 0.1) is 22.6 Å². The zero-order chi connectivity index (χ0) is 13.1. The number of hydrogen-bond acceptors (Lipinski definition) is 3. The maximum absolute atomic E-state index is 11.1. The van der Waals surface area contributed by atoms with Crippen LogP contribution in [0, 0.1) is 0 Å². The van der Waals surface area contributed by atoms with Gasteiger partial charge in [-0.2, -0.15) is 0 Å². The number of cyclic esters (lactones) is 1. The molecule has 2 atom stereocenters. The summed E-state index contributed by atoms with van der Waals surface area (Å²) in [5.41, 5.74) is 0.862. The van der Waals surface area contributed by atoms with E-state index in [1.54, 1.807) is 24.3 Å². The molecular weight excluding hydrogens is 275 g/mol. The van der Waals surface area contributed by atoms with Gasteiger partial charge in [-0.15, -0.1) is 0 Å². The van der Waals surface area contributed by atoms with Crippen LogP contribution in [0.1, 0.15) is 18.4 Å². The smallest absolute Gasteiger partial charge is 0.309 e. The molecule has 1 aromatic carbocycles. The van der Waals surface area contributed by atoms with Crippen LogP contribution >= 0.6 is 23.2 Å². The highest BCUT2D eigenvalue weighted by molar-refractivity contribution is 6.42. The standard InChI is InChI=1S/C13H12Cl2O3/c14-11-4-2-8(5-12(11)15)1-3-10-6-9(16)7-13(17)18-10/h1-5,9-10,16H,6-7H2/b3-1+/t9-,10-/m1/s1. The number of aliphatic hydroxyl groups excluding tert-OH is 1. The molecule has 96 valence electrons. The van der Waals surface area contributed by atoms with E-state index in [1.807, 2.05) is 6.07 Å². The number of rotatable bonds is 2. The summed E-state index contributed by atoms with van der Waals surface area (Å²) in [5, 5.41) is 10.4. The van der Waals surface area contributed by atoms with Crippen molar-refractivity contribution in [3.05, 3.63) is 39.9 Å². The van der Waals surface area contributed by atoms with Crippen molar-refractivity contribution in [1.82, 2.24) is 0 Å². The van der Waals surface area contributed by atoms with E-state index in [4.69, 9.17) is 27.9 Å². The highest BCUT2D eigenvalue weighted by Gasteiger charge is 2.25. The van der Waals surface area contributed by atoms with Crippen LogP contribution in [0.2, 0.25) is 10.0 Å². The quantitative estimate of drug-likeness (QED) is 0.850. The van der Waals surface area contributed by atoms with E-state index in [2.05, 4.69) is 0 Å². The van der Waals surface area contributed by atoms with Gasteiger partial charge in [0, 0.05) is 6.42 Å². The van der Waals surface area contributed by atoms with Crippen LogP contribution in [0.15, 0.2) is 24.3 Å². The molecule has 1 heterocycles. The van der Waals surface area contributed by atoms with Crippen LogP contribution in [0.25, 0.3) is 6.08 Å². The Morgan fingerprint density at radius 3 is 2.78 bits per heavy atom. The Kier molecular flexibility index (Phi) is 4.27. The van der Waals surface area contributed by atoms with Crippen LogP contribution in [0.3, 0.4) is 0 Å². The maximum atomic E-state index is 11.1. The molecule has 5 heteroatoms. The predicted molar refractivity (Wildman–Crippen MR) is 70.6 cm³/mol. The van der Waals surface area contributed by atoms with Crippen LogP contribution in [0.5, 0.6) is 0 Å². The molecule has 0 spiro atoms. The molecule has 0 unspecified atom stereocenters. The van der Waals surface area contributed by atoms with Gasteiger partial charge in [0.2, 0.25) is 0 Å². The average Bonchev–Trinajstić information content (AvgIpc) is 2.29. The molecule has 1 aliphatic rings. The lowest BCUT2D eigenvalue weighted by Crippen LogP contribution is -2.31. The van der Waals surface area contributed by atoms with Crippen LogP contribution in [0.4, 0.5) is 0 Å². The van der Waals surface area contributed by atoms with Gasteiger partial charge in [0.15, 0.2) is 0 Å². The van der Waals surface area contributed by atoms with Gasteiger partial charge in [0.1, 0.15) is 6.10 Å². The van der Waals surface area contributed by atoms with Crippen LogP contribution < -0.4 is 0 Å². The first-order valence-corrected chi connectivity index (χ1v) is 6.31. The molecule has 1 aromatic rings. The molecule has 0 aliphatic carbocycles. The zero-order valence-corrected chi connectivity index (χ0v) is 11.0. The number of carbonyl (C=O) groups is 1. The van der Waals surface area contributed by atoms with Gasteiger partial charge in [-0.3, -0.25) is 4.79 Å². The van der Waals surface area contributed by atoms with Crippen molar-refractivity contribution in [3.63, 3.8) is 0 Å². The van der Waals surface area contributed by atoms with Crippen LogP contribution in [-0.4, -0.2) is 23.3 Å². The summed E-state index contributed by atoms with van der Waals surface area (Å²) in [6.07, 6.45) is 2.99. The van der Waals surface area contributed by atoms with E-state index < -0.39 is 12.2 Å². The molecule has 18 heavy (non-hydrogen) atoms. The van der Waals surface area contributed by atoms with Gasteiger partial charge < -0.3 is 9.84 Å². The Labute approximate surface area is 115 Å². The molecule has 1 aliphatic heterocycles. The normalized spacial score (nSPS) is 24.3. The number of halogens is 2. The summed E-state index contributed by atoms with van der Waals surface area (Å²) >= 11 is 11.7. The summed E-state index contributed by atoms with van der Waals surface area (Å²) < 4.78 is 5.09. The van der Waals surface area contributed by atoms with Crippen molar-refractivity contribution in [2.24, 2.45) is 0 Å². The molecule has 1 fully saturated rings. The number of ether oxygens (including phenoxy) is 1. The predicted octanol–water partition coefficient (Wildman–Crippen LogP) is 3.07. The monoisotopic (exact) mass is 286 g/mol. The molecule has 0 radical (unpaired) electrons. The molecular formula is C13H12Cl2O3. The minimum atomic E-state index is -0.630. The first kappa shape index (κ1) is 13.4.